The summed E-state index contributed by atoms with van der Waals surface area (Å²) in [6.45, 7) is 8.47. The summed E-state index contributed by atoms with van der Waals surface area (Å²) in [4.78, 5) is 6.50. The van der Waals surface area contributed by atoms with E-state index in [9.17, 15) is 0 Å². The second-order valence-electron chi connectivity index (χ2n) is 7.31. The molecule has 2 aliphatic heterocycles. The van der Waals surface area contributed by atoms with Crippen LogP contribution < -0.4 is 0 Å². The summed E-state index contributed by atoms with van der Waals surface area (Å²) in [6, 6.07) is 4.18. The molecule has 0 amide bonds. The first-order chi connectivity index (χ1) is 12.2. The summed E-state index contributed by atoms with van der Waals surface area (Å²) < 4.78 is 12.0. The molecule has 0 unspecified atom stereocenters. The lowest BCUT2D eigenvalue weighted by molar-refractivity contribution is 0.0555. The molecule has 142 valence electrons. The van der Waals surface area contributed by atoms with Gasteiger partial charge in [0.2, 0.25) is 0 Å². The Morgan fingerprint density at radius 1 is 1.28 bits per heavy atom. The van der Waals surface area contributed by atoms with Gasteiger partial charge in [0.1, 0.15) is 0 Å². The van der Waals surface area contributed by atoms with Crippen molar-refractivity contribution >= 4 is 22.9 Å². The first-order valence-corrected chi connectivity index (χ1v) is 10.7. The summed E-state index contributed by atoms with van der Waals surface area (Å²) in [5.74, 6) is 0.788. The molecule has 0 spiro atoms. The molecule has 1 aromatic heterocycles. The zero-order chi connectivity index (χ0) is 17.5. The molecule has 0 aliphatic carbocycles. The van der Waals surface area contributed by atoms with Crippen LogP contribution in [0.15, 0.2) is 12.1 Å². The molecule has 1 aromatic rings. The number of ether oxygens (including phenoxy) is 2. The minimum atomic E-state index is 0.414. The molecule has 0 saturated carbocycles. The van der Waals surface area contributed by atoms with Crippen LogP contribution in [0.2, 0.25) is 4.34 Å². The zero-order valence-electron chi connectivity index (χ0n) is 15.3. The predicted molar refractivity (Wildman–Crippen MR) is 105 cm³/mol. The lowest BCUT2D eigenvalue weighted by Crippen LogP contribution is -2.41. The van der Waals surface area contributed by atoms with Crippen molar-refractivity contribution in [1.29, 1.82) is 0 Å². The number of nitrogens with zero attached hydrogens (tertiary/aromatic N) is 2. The van der Waals surface area contributed by atoms with Gasteiger partial charge in [-0.25, -0.2) is 0 Å². The van der Waals surface area contributed by atoms with Crippen molar-refractivity contribution in [1.82, 2.24) is 9.80 Å². The van der Waals surface area contributed by atoms with Crippen LogP contribution in [0.5, 0.6) is 0 Å². The maximum Gasteiger partial charge on any atom is 0.0931 e. The fourth-order valence-corrected chi connectivity index (χ4v) is 5.05. The van der Waals surface area contributed by atoms with Crippen molar-refractivity contribution < 1.29 is 9.47 Å². The fraction of sp³-hybridized carbons (Fsp3) is 0.789. The number of likely N-dealkylation sites (tertiary alicyclic amines) is 1. The third-order valence-electron chi connectivity index (χ3n) is 5.33. The van der Waals surface area contributed by atoms with Crippen molar-refractivity contribution in [2.45, 2.75) is 38.3 Å². The average molecular weight is 387 g/mol. The van der Waals surface area contributed by atoms with Gasteiger partial charge in [0, 0.05) is 44.8 Å². The Balaban J connectivity index is 1.50. The average Bonchev–Trinajstić information content (AvgIpc) is 3.26. The highest BCUT2D eigenvalue weighted by molar-refractivity contribution is 7.16. The molecule has 0 radical (unpaired) electrons. The first-order valence-electron chi connectivity index (χ1n) is 9.52. The van der Waals surface area contributed by atoms with E-state index in [1.807, 2.05) is 6.07 Å². The predicted octanol–water partition coefficient (Wildman–Crippen LogP) is 3.74. The molecular formula is C19H31ClN2O2S. The van der Waals surface area contributed by atoms with Crippen LogP contribution in [0.4, 0.5) is 0 Å². The smallest absolute Gasteiger partial charge is 0.0931 e. The Labute approximate surface area is 161 Å². The molecule has 3 heterocycles. The molecule has 3 rings (SSSR count). The second-order valence-corrected chi connectivity index (χ2v) is 9.11. The molecule has 4 nitrogen and oxygen atoms in total. The van der Waals surface area contributed by atoms with Crippen LogP contribution >= 0.6 is 22.9 Å². The van der Waals surface area contributed by atoms with Gasteiger partial charge in [-0.1, -0.05) is 11.6 Å². The van der Waals surface area contributed by atoms with Gasteiger partial charge in [0.05, 0.1) is 17.0 Å². The van der Waals surface area contributed by atoms with Gasteiger partial charge >= 0.3 is 0 Å². The number of rotatable bonds is 9. The van der Waals surface area contributed by atoms with Gasteiger partial charge in [-0.3, -0.25) is 4.90 Å². The molecular weight excluding hydrogens is 356 g/mol. The Morgan fingerprint density at radius 2 is 2.12 bits per heavy atom. The SMILES string of the molecule is COCCN1CCC(CN(Cc2ccc(Cl)s2)C[C@@H]2CCCO2)CC1. The molecule has 0 N–H and O–H groups in total. The molecule has 0 aromatic carbocycles. The minimum absolute atomic E-state index is 0.414. The summed E-state index contributed by atoms with van der Waals surface area (Å²) in [6.07, 6.45) is 5.41. The van der Waals surface area contributed by atoms with Gasteiger partial charge in [-0.05, 0) is 56.8 Å². The molecule has 6 heteroatoms. The minimum Gasteiger partial charge on any atom is -0.383 e. The van der Waals surface area contributed by atoms with Crippen molar-refractivity contribution in [2.24, 2.45) is 5.92 Å². The Morgan fingerprint density at radius 3 is 2.76 bits per heavy atom. The molecule has 1 atom stereocenters. The zero-order valence-corrected chi connectivity index (χ0v) is 16.9. The van der Waals surface area contributed by atoms with Gasteiger partial charge in [0.25, 0.3) is 0 Å². The highest BCUT2D eigenvalue weighted by atomic mass is 35.5. The quantitative estimate of drug-likeness (QED) is 0.645. The Bertz CT molecular complexity index is 499. The normalized spacial score (nSPS) is 22.9. The maximum absolute atomic E-state index is 6.12. The largest absolute Gasteiger partial charge is 0.383 e. The number of piperidine rings is 1. The summed E-state index contributed by atoms with van der Waals surface area (Å²) in [7, 11) is 1.78. The third kappa shape index (κ3) is 6.49. The molecule has 0 bridgehead atoms. The van der Waals surface area contributed by atoms with E-state index < -0.39 is 0 Å². The Kier molecular flexibility index (Phi) is 8.02. The van der Waals surface area contributed by atoms with E-state index in [-0.39, 0.29) is 0 Å². The summed E-state index contributed by atoms with van der Waals surface area (Å²) >= 11 is 7.83. The number of hydrogen-bond donors (Lipinski definition) is 0. The molecule has 2 saturated heterocycles. The molecule has 2 fully saturated rings. The molecule has 2 aliphatic rings. The number of hydrogen-bond acceptors (Lipinski definition) is 5. The first kappa shape index (κ1) is 19.6. The lowest BCUT2D eigenvalue weighted by Gasteiger charge is -2.35. The van der Waals surface area contributed by atoms with Gasteiger partial charge < -0.3 is 14.4 Å². The lowest BCUT2D eigenvalue weighted by atomic mass is 9.96. The standard InChI is InChI=1S/C19H31ClN2O2S/c1-23-12-10-21-8-6-16(7-9-21)13-22(14-17-3-2-11-24-17)15-18-4-5-19(20)25-18/h4-5,16-17H,2-3,6-15H2,1H3/t17-/m0/s1. The van der Waals surface area contributed by atoms with Crippen molar-refractivity contribution in [3.63, 3.8) is 0 Å². The highest BCUT2D eigenvalue weighted by Crippen LogP contribution is 2.26. The van der Waals surface area contributed by atoms with Crippen LogP contribution in [0, 0.1) is 5.92 Å². The third-order valence-corrected chi connectivity index (χ3v) is 6.55. The van der Waals surface area contributed by atoms with Crippen molar-refractivity contribution in [2.75, 3.05) is 53.0 Å². The highest BCUT2D eigenvalue weighted by Gasteiger charge is 2.25. The number of methoxy groups -OCH3 is 1. The number of halogens is 1. The van der Waals surface area contributed by atoms with E-state index in [0.29, 0.717) is 6.10 Å². The topological polar surface area (TPSA) is 24.9 Å². The van der Waals surface area contributed by atoms with E-state index in [4.69, 9.17) is 21.1 Å². The van der Waals surface area contributed by atoms with Crippen LogP contribution in [0.1, 0.15) is 30.6 Å². The van der Waals surface area contributed by atoms with E-state index in [0.717, 1.165) is 43.1 Å². The van der Waals surface area contributed by atoms with Crippen molar-refractivity contribution in [3.8, 4) is 0 Å². The van der Waals surface area contributed by atoms with E-state index in [1.54, 1.807) is 18.4 Å². The van der Waals surface area contributed by atoms with Gasteiger partial charge in [-0.2, -0.15) is 0 Å². The fourth-order valence-electron chi connectivity index (χ4n) is 3.92. The van der Waals surface area contributed by atoms with E-state index in [1.165, 1.54) is 50.2 Å². The second kappa shape index (κ2) is 10.2. The number of thiophene rings is 1. The van der Waals surface area contributed by atoms with Gasteiger partial charge in [-0.15, -0.1) is 11.3 Å². The van der Waals surface area contributed by atoms with Gasteiger partial charge in [0.15, 0.2) is 0 Å². The van der Waals surface area contributed by atoms with Crippen LogP contribution in [-0.4, -0.2) is 69.0 Å². The van der Waals surface area contributed by atoms with Crippen LogP contribution in [-0.2, 0) is 16.0 Å². The Hall–Kier alpha value is -0.170. The van der Waals surface area contributed by atoms with E-state index >= 15 is 0 Å². The van der Waals surface area contributed by atoms with Crippen LogP contribution in [0.3, 0.4) is 0 Å². The summed E-state index contributed by atoms with van der Waals surface area (Å²) in [5.41, 5.74) is 0. The van der Waals surface area contributed by atoms with Crippen LogP contribution in [0.25, 0.3) is 0 Å². The monoisotopic (exact) mass is 386 g/mol. The maximum atomic E-state index is 6.12. The van der Waals surface area contributed by atoms with E-state index in [2.05, 4.69) is 15.9 Å². The van der Waals surface area contributed by atoms with Crippen molar-refractivity contribution in [3.05, 3.63) is 21.3 Å². The molecule has 25 heavy (non-hydrogen) atoms. The summed E-state index contributed by atoms with van der Waals surface area (Å²) in [5, 5.41) is 0.